The molecule has 0 saturated carbocycles. The first-order valence-corrected chi connectivity index (χ1v) is 10.3. The summed E-state index contributed by atoms with van der Waals surface area (Å²) >= 11 is 1.79. The van der Waals surface area contributed by atoms with Crippen molar-refractivity contribution in [3.05, 3.63) is 35.4 Å². The molecule has 2 N–H and O–H groups in total. The minimum atomic E-state index is -0.329. The maximum absolute atomic E-state index is 12.3. The Morgan fingerprint density at radius 3 is 2.64 bits per heavy atom. The molecule has 2 heterocycles. The third kappa shape index (κ3) is 4.57. The fourth-order valence-corrected chi connectivity index (χ4v) is 5.24. The number of carbonyl (C=O) groups excluding carboxylic acids is 1. The number of carbonyl (C=O) groups is 1. The average Bonchev–Trinajstić information content (AvgIpc) is 2.86. The van der Waals surface area contributed by atoms with Crippen molar-refractivity contribution in [1.82, 2.24) is 15.5 Å². The van der Waals surface area contributed by atoms with Crippen LogP contribution in [0.4, 0.5) is 0 Å². The van der Waals surface area contributed by atoms with Gasteiger partial charge in [-0.15, -0.1) is 11.8 Å². The molecular formula is C20H31N3OS. The van der Waals surface area contributed by atoms with Crippen molar-refractivity contribution in [3.63, 3.8) is 0 Å². The number of benzene rings is 1. The summed E-state index contributed by atoms with van der Waals surface area (Å²) in [4.78, 5) is 14.9. The summed E-state index contributed by atoms with van der Waals surface area (Å²) in [5, 5.41) is 6.84. The first-order valence-electron chi connectivity index (χ1n) is 9.45. The number of aryl methyl sites for hydroxylation is 1. The molecule has 2 saturated heterocycles. The summed E-state index contributed by atoms with van der Waals surface area (Å²) in [6.45, 7) is 11.9. The standard InChI is InChI=1S/C20H31N3OS/c1-15-7-4-5-8-16(15)17(18-22-19(24)20(2,3)25-18)9-6-12-23-13-10-21-11-14-23/h4-5,7-8,17-18,21H,6,9-14H2,1-3H3,(H,22,24). The van der Waals surface area contributed by atoms with Crippen LogP contribution in [0.15, 0.2) is 24.3 Å². The molecule has 1 amide bonds. The van der Waals surface area contributed by atoms with Crippen molar-refractivity contribution in [2.45, 2.75) is 49.7 Å². The molecule has 0 aliphatic carbocycles. The van der Waals surface area contributed by atoms with E-state index in [-0.39, 0.29) is 16.0 Å². The van der Waals surface area contributed by atoms with E-state index in [1.54, 1.807) is 11.8 Å². The van der Waals surface area contributed by atoms with Gasteiger partial charge in [0.25, 0.3) is 0 Å². The maximum Gasteiger partial charge on any atom is 0.236 e. The van der Waals surface area contributed by atoms with E-state index in [1.165, 1.54) is 17.5 Å². The number of hydrogen-bond acceptors (Lipinski definition) is 4. The van der Waals surface area contributed by atoms with Gasteiger partial charge >= 0.3 is 0 Å². The summed E-state index contributed by atoms with van der Waals surface area (Å²) in [7, 11) is 0. The molecule has 3 rings (SSSR count). The zero-order chi connectivity index (χ0) is 17.9. The molecule has 0 spiro atoms. The van der Waals surface area contributed by atoms with Gasteiger partial charge in [-0.1, -0.05) is 24.3 Å². The molecule has 1 aromatic rings. The summed E-state index contributed by atoms with van der Waals surface area (Å²) in [6.07, 6.45) is 2.29. The highest BCUT2D eigenvalue weighted by Crippen LogP contribution is 2.43. The molecule has 0 radical (unpaired) electrons. The number of hydrogen-bond donors (Lipinski definition) is 2. The molecule has 2 aliphatic heterocycles. The van der Waals surface area contributed by atoms with Gasteiger partial charge < -0.3 is 15.5 Å². The van der Waals surface area contributed by atoms with Gasteiger partial charge in [0.1, 0.15) is 0 Å². The highest BCUT2D eigenvalue weighted by molar-refractivity contribution is 8.02. The van der Waals surface area contributed by atoms with Gasteiger partial charge in [-0.2, -0.15) is 0 Å². The van der Waals surface area contributed by atoms with Crippen molar-refractivity contribution in [3.8, 4) is 0 Å². The van der Waals surface area contributed by atoms with E-state index < -0.39 is 0 Å². The molecule has 2 atom stereocenters. The fraction of sp³-hybridized carbons (Fsp3) is 0.650. The SMILES string of the molecule is Cc1ccccc1C(CCCN1CCNCC1)C1NC(=O)C(C)(C)S1. The first-order chi connectivity index (χ1) is 12.0. The van der Waals surface area contributed by atoms with Gasteiger partial charge in [0.05, 0.1) is 10.1 Å². The third-order valence-corrected chi connectivity index (χ3v) is 6.87. The number of amides is 1. The van der Waals surface area contributed by atoms with E-state index in [0.717, 1.165) is 39.1 Å². The van der Waals surface area contributed by atoms with E-state index in [9.17, 15) is 4.79 Å². The molecule has 0 bridgehead atoms. The van der Waals surface area contributed by atoms with E-state index in [2.05, 4.69) is 46.7 Å². The Balaban J connectivity index is 1.69. The van der Waals surface area contributed by atoms with Crippen molar-refractivity contribution >= 4 is 17.7 Å². The Kier molecular flexibility index (Phi) is 6.08. The normalized spacial score (nSPS) is 24.9. The molecular weight excluding hydrogens is 330 g/mol. The summed E-state index contributed by atoms with van der Waals surface area (Å²) < 4.78 is -0.329. The minimum Gasteiger partial charge on any atom is -0.342 e. The number of thioether (sulfide) groups is 1. The Morgan fingerprint density at radius 2 is 2.00 bits per heavy atom. The molecule has 1 aromatic carbocycles. The highest BCUT2D eigenvalue weighted by atomic mass is 32.2. The van der Waals surface area contributed by atoms with Crippen LogP contribution >= 0.6 is 11.8 Å². The number of nitrogens with one attached hydrogen (secondary N) is 2. The van der Waals surface area contributed by atoms with Crippen molar-refractivity contribution < 1.29 is 4.79 Å². The molecule has 2 aliphatic rings. The quantitative estimate of drug-likeness (QED) is 0.818. The van der Waals surface area contributed by atoms with Crippen molar-refractivity contribution in [2.24, 2.45) is 0 Å². The second kappa shape index (κ2) is 8.11. The lowest BCUT2D eigenvalue weighted by molar-refractivity contribution is -0.122. The molecule has 138 valence electrons. The lowest BCUT2D eigenvalue weighted by Crippen LogP contribution is -2.43. The van der Waals surface area contributed by atoms with Gasteiger partial charge in [0.15, 0.2) is 0 Å². The van der Waals surface area contributed by atoms with Gasteiger partial charge in [0.2, 0.25) is 5.91 Å². The summed E-state index contributed by atoms with van der Waals surface area (Å²) in [5.41, 5.74) is 2.72. The number of nitrogens with zero attached hydrogens (tertiary/aromatic N) is 1. The van der Waals surface area contributed by atoms with Crippen LogP contribution in [-0.4, -0.2) is 53.7 Å². The predicted molar refractivity (Wildman–Crippen MR) is 106 cm³/mol. The van der Waals surface area contributed by atoms with Crippen molar-refractivity contribution in [2.75, 3.05) is 32.7 Å². The lowest BCUT2D eigenvalue weighted by Gasteiger charge is -2.29. The monoisotopic (exact) mass is 361 g/mol. The highest BCUT2D eigenvalue weighted by Gasteiger charge is 2.43. The minimum absolute atomic E-state index is 0.170. The van der Waals surface area contributed by atoms with Crippen LogP contribution in [0.5, 0.6) is 0 Å². The van der Waals surface area contributed by atoms with Crippen molar-refractivity contribution in [1.29, 1.82) is 0 Å². The third-order valence-electron chi connectivity index (χ3n) is 5.39. The molecule has 2 unspecified atom stereocenters. The topological polar surface area (TPSA) is 44.4 Å². The predicted octanol–water partition coefficient (Wildman–Crippen LogP) is 2.73. The van der Waals surface area contributed by atoms with Crippen LogP contribution in [-0.2, 0) is 4.79 Å². The number of piperazine rings is 1. The van der Waals surface area contributed by atoms with Gasteiger partial charge in [-0.05, 0) is 51.3 Å². The molecule has 25 heavy (non-hydrogen) atoms. The molecule has 5 heteroatoms. The fourth-order valence-electron chi connectivity index (χ4n) is 3.83. The smallest absolute Gasteiger partial charge is 0.236 e. The second-order valence-corrected chi connectivity index (χ2v) is 9.48. The molecule has 4 nitrogen and oxygen atoms in total. The van der Waals surface area contributed by atoms with E-state index in [1.807, 2.05) is 13.8 Å². The number of rotatable bonds is 6. The zero-order valence-corrected chi connectivity index (χ0v) is 16.5. The van der Waals surface area contributed by atoms with Crippen LogP contribution in [0.2, 0.25) is 0 Å². The van der Waals surface area contributed by atoms with Crippen LogP contribution in [0.3, 0.4) is 0 Å². The zero-order valence-electron chi connectivity index (χ0n) is 15.7. The Hall–Kier alpha value is -1.04. The first kappa shape index (κ1) is 18.7. The Bertz CT molecular complexity index is 598. The van der Waals surface area contributed by atoms with Crippen LogP contribution in [0.1, 0.15) is 43.7 Å². The van der Waals surface area contributed by atoms with Crippen LogP contribution in [0, 0.1) is 6.92 Å². The van der Waals surface area contributed by atoms with Gasteiger partial charge in [0, 0.05) is 32.1 Å². The van der Waals surface area contributed by atoms with E-state index >= 15 is 0 Å². The maximum atomic E-state index is 12.3. The Morgan fingerprint density at radius 1 is 1.28 bits per heavy atom. The van der Waals surface area contributed by atoms with Gasteiger partial charge in [-0.3, -0.25) is 4.79 Å². The van der Waals surface area contributed by atoms with Gasteiger partial charge in [-0.25, -0.2) is 0 Å². The average molecular weight is 362 g/mol. The molecule has 0 aromatic heterocycles. The Labute approximate surface area is 156 Å². The lowest BCUT2D eigenvalue weighted by atomic mass is 9.90. The summed E-state index contributed by atoms with van der Waals surface area (Å²) in [5.74, 6) is 0.544. The molecule has 2 fully saturated rings. The van der Waals surface area contributed by atoms with Crippen LogP contribution in [0.25, 0.3) is 0 Å². The van der Waals surface area contributed by atoms with E-state index in [4.69, 9.17) is 0 Å². The second-order valence-electron chi connectivity index (χ2n) is 7.72. The van der Waals surface area contributed by atoms with Crippen LogP contribution < -0.4 is 10.6 Å². The largest absolute Gasteiger partial charge is 0.342 e. The summed E-state index contributed by atoms with van der Waals surface area (Å²) in [6, 6.07) is 8.65. The van der Waals surface area contributed by atoms with E-state index in [0.29, 0.717) is 5.92 Å².